The Balaban J connectivity index is 1.57. The number of aryl methyl sites for hydroxylation is 1. The minimum Gasteiger partial charge on any atom is -0.395 e. The third-order valence-corrected chi connectivity index (χ3v) is 3.93. The molecule has 3 aromatic rings. The Bertz CT molecular complexity index is 1040. The van der Waals surface area contributed by atoms with Crippen LogP contribution in [0.2, 0.25) is 5.02 Å². The van der Waals surface area contributed by atoms with E-state index in [-0.39, 0.29) is 33.8 Å². The number of aromatic nitrogens is 3. The minimum absolute atomic E-state index is 0.0561. The van der Waals surface area contributed by atoms with Crippen LogP contribution in [0.25, 0.3) is 11.3 Å². The quantitative estimate of drug-likeness (QED) is 0.723. The lowest BCUT2D eigenvalue weighted by Gasteiger charge is -2.06. The molecule has 138 valence electrons. The summed E-state index contributed by atoms with van der Waals surface area (Å²) in [5, 5.41) is 6.16. The molecule has 1 aliphatic heterocycles. The third-order valence-electron chi connectivity index (χ3n) is 3.62. The van der Waals surface area contributed by atoms with E-state index in [9.17, 15) is 13.6 Å². The van der Waals surface area contributed by atoms with Crippen LogP contribution < -0.4 is 14.8 Å². The molecule has 11 heteroatoms. The van der Waals surface area contributed by atoms with Gasteiger partial charge in [0.05, 0.1) is 29.3 Å². The van der Waals surface area contributed by atoms with Gasteiger partial charge in [-0.15, -0.1) is 8.78 Å². The predicted molar refractivity (Wildman–Crippen MR) is 87.9 cm³/mol. The number of ether oxygens (including phenoxy) is 2. The summed E-state index contributed by atoms with van der Waals surface area (Å²) >= 11 is 6.11. The van der Waals surface area contributed by atoms with Crippen LogP contribution >= 0.6 is 11.6 Å². The monoisotopic (exact) mass is 394 g/mol. The fourth-order valence-corrected chi connectivity index (χ4v) is 2.63. The average molecular weight is 395 g/mol. The Kier molecular flexibility index (Phi) is 3.92. The molecule has 1 aromatic carbocycles. The SMILES string of the molecule is Cc1cnoc1C(=O)Nc1cnc(-c2cc3c(cc2Cl)OC(F)(F)O3)cn1. The molecule has 0 spiro atoms. The summed E-state index contributed by atoms with van der Waals surface area (Å²) < 4.78 is 39.9. The van der Waals surface area contributed by atoms with Crippen molar-refractivity contribution in [1.29, 1.82) is 0 Å². The molecule has 1 amide bonds. The second kappa shape index (κ2) is 6.16. The topological polar surface area (TPSA) is 99.4 Å². The number of carbonyl (C=O) groups is 1. The first-order valence-electron chi connectivity index (χ1n) is 7.47. The van der Waals surface area contributed by atoms with Gasteiger partial charge in [-0.3, -0.25) is 9.78 Å². The van der Waals surface area contributed by atoms with Crippen LogP contribution in [0, 0.1) is 6.92 Å². The van der Waals surface area contributed by atoms with Crippen LogP contribution in [-0.4, -0.2) is 27.3 Å². The molecule has 0 unspecified atom stereocenters. The lowest BCUT2D eigenvalue weighted by atomic mass is 10.1. The molecular formula is C16H9ClF2N4O4. The average Bonchev–Trinajstić information content (AvgIpc) is 3.16. The first kappa shape index (κ1) is 17.2. The molecule has 0 atom stereocenters. The summed E-state index contributed by atoms with van der Waals surface area (Å²) in [4.78, 5) is 20.3. The van der Waals surface area contributed by atoms with E-state index in [1.165, 1.54) is 30.7 Å². The number of alkyl halides is 2. The van der Waals surface area contributed by atoms with Crippen LogP contribution in [0.1, 0.15) is 16.1 Å². The largest absolute Gasteiger partial charge is 0.586 e. The highest BCUT2D eigenvalue weighted by molar-refractivity contribution is 6.33. The van der Waals surface area contributed by atoms with Gasteiger partial charge in [-0.1, -0.05) is 16.8 Å². The van der Waals surface area contributed by atoms with Crippen molar-refractivity contribution in [2.45, 2.75) is 13.2 Å². The van der Waals surface area contributed by atoms with Crippen molar-refractivity contribution in [1.82, 2.24) is 15.1 Å². The summed E-state index contributed by atoms with van der Waals surface area (Å²) in [6.07, 6.45) is 0.274. The fraction of sp³-hybridized carbons (Fsp3) is 0.125. The number of hydrogen-bond acceptors (Lipinski definition) is 7. The van der Waals surface area contributed by atoms with E-state index in [0.717, 1.165) is 0 Å². The standard InChI is InChI=1S/C16H9ClF2N4O4/c1-7-4-22-27-14(7)15(24)23-13-6-20-10(5-21-13)8-2-11-12(3-9(8)17)26-16(18,19)25-11/h2-6H,1H3,(H,21,23,24). The molecule has 0 saturated heterocycles. The van der Waals surface area contributed by atoms with Crippen LogP contribution in [0.4, 0.5) is 14.6 Å². The molecule has 0 aliphatic carbocycles. The van der Waals surface area contributed by atoms with E-state index in [4.69, 9.17) is 16.1 Å². The van der Waals surface area contributed by atoms with Crippen molar-refractivity contribution in [3.63, 3.8) is 0 Å². The molecule has 27 heavy (non-hydrogen) atoms. The molecule has 1 aliphatic rings. The van der Waals surface area contributed by atoms with Gasteiger partial charge >= 0.3 is 6.29 Å². The van der Waals surface area contributed by atoms with Gasteiger partial charge in [-0.25, -0.2) is 4.98 Å². The highest BCUT2D eigenvalue weighted by Crippen LogP contribution is 2.45. The Morgan fingerprint density at radius 3 is 2.52 bits per heavy atom. The summed E-state index contributed by atoms with van der Waals surface area (Å²) in [6.45, 7) is 1.67. The molecule has 4 rings (SSSR count). The molecule has 0 bridgehead atoms. The predicted octanol–water partition coefficient (Wildman–Crippen LogP) is 3.67. The minimum atomic E-state index is -3.75. The van der Waals surface area contributed by atoms with Gasteiger partial charge in [0.2, 0.25) is 5.76 Å². The number of nitrogens with one attached hydrogen (secondary N) is 1. The number of rotatable bonds is 3. The number of anilines is 1. The van der Waals surface area contributed by atoms with Crippen LogP contribution in [0.3, 0.4) is 0 Å². The smallest absolute Gasteiger partial charge is 0.395 e. The number of halogens is 3. The lowest BCUT2D eigenvalue weighted by Crippen LogP contribution is -2.25. The summed E-state index contributed by atoms with van der Waals surface area (Å²) in [6, 6.07) is 2.48. The van der Waals surface area contributed by atoms with E-state index >= 15 is 0 Å². The molecule has 8 nitrogen and oxygen atoms in total. The third kappa shape index (κ3) is 3.26. The maximum absolute atomic E-state index is 13.2. The van der Waals surface area contributed by atoms with E-state index in [1.807, 2.05) is 0 Å². The Labute approximate surface area is 155 Å². The van der Waals surface area contributed by atoms with Gasteiger partial charge in [0.1, 0.15) is 0 Å². The molecule has 3 heterocycles. The molecule has 0 saturated carbocycles. The van der Waals surface area contributed by atoms with Crippen molar-refractivity contribution in [3.8, 4) is 22.8 Å². The highest BCUT2D eigenvalue weighted by atomic mass is 35.5. The van der Waals surface area contributed by atoms with E-state index in [1.54, 1.807) is 6.92 Å². The van der Waals surface area contributed by atoms with Gasteiger partial charge in [0, 0.05) is 17.2 Å². The summed E-state index contributed by atoms with van der Waals surface area (Å²) in [5.74, 6) is -0.661. The summed E-state index contributed by atoms with van der Waals surface area (Å²) in [5.41, 5.74) is 1.17. The zero-order valence-corrected chi connectivity index (χ0v) is 14.3. The van der Waals surface area contributed by atoms with E-state index in [0.29, 0.717) is 11.1 Å². The van der Waals surface area contributed by atoms with Gasteiger partial charge < -0.3 is 19.3 Å². The summed E-state index contributed by atoms with van der Waals surface area (Å²) in [7, 11) is 0. The molecule has 2 aromatic heterocycles. The maximum atomic E-state index is 13.2. The van der Waals surface area contributed by atoms with Crippen LogP contribution in [0.15, 0.2) is 35.2 Å². The zero-order valence-electron chi connectivity index (χ0n) is 13.5. The molecule has 0 radical (unpaired) electrons. The van der Waals surface area contributed by atoms with E-state index < -0.39 is 12.2 Å². The second-order valence-electron chi connectivity index (χ2n) is 5.53. The number of fused-ring (bicyclic) bond motifs is 1. The zero-order chi connectivity index (χ0) is 19.2. The number of amides is 1. The van der Waals surface area contributed by atoms with Crippen molar-refractivity contribution >= 4 is 23.3 Å². The van der Waals surface area contributed by atoms with Crippen LogP contribution in [0.5, 0.6) is 11.5 Å². The molecular weight excluding hydrogens is 386 g/mol. The number of nitrogens with zero attached hydrogens (tertiary/aromatic N) is 3. The normalized spacial score (nSPS) is 14.2. The highest BCUT2D eigenvalue weighted by Gasteiger charge is 2.43. The Hall–Kier alpha value is -3.27. The molecule has 0 fully saturated rings. The molecule has 1 N–H and O–H groups in total. The van der Waals surface area contributed by atoms with Crippen molar-refractivity contribution in [3.05, 3.63) is 47.1 Å². The number of benzene rings is 1. The maximum Gasteiger partial charge on any atom is 0.586 e. The number of carbonyl (C=O) groups excluding carboxylic acids is 1. The van der Waals surface area contributed by atoms with Crippen molar-refractivity contribution in [2.75, 3.05) is 5.32 Å². The van der Waals surface area contributed by atoms with Crippen LogP contribution in [-0.2, 0) is 0 Å². The van der Waals surface area contributed by atoms with Gasteiger partial charge in [0.15, 0.2) is 17.3 Å². The lowest BCUT2D eigenvalue weighted by molar-refractivity contribution is -0.286. The first-order valence-corrected chi connectivity index (χ1v) is 7.84. The fourth-order valence-electron chi connectivity index (χ4n) is 2.38. The van der Waals surface area contributed by atoms with Gasteiger partial charge in [0.25, 0.3) is 5.91 Å². The Morgan fingerprint density at radius 1 is 1.15 bits per heavy atom. The number of hydrogen-bond donors (Lipinski definition) is 1. The van der Waals surface area contributed by atoms with Crippen molar-refractivity contribution in [2.24, 2.45) is 0 Å². The second-order valence-corrected chi connectivity index (χ2v) is 5.93. The van der Waals surface area contributed by atoms with Crippen molar-refractivity contribution < 1.29 is 27.6 Å². The van der Waals surface area contributed by atoms with Gasteiger partial charge in [-0.05, 0) is 13.0 Å². The first-order chi connectivity index (χ1) is 12.8. The van der Waals surface area contributed by atoms with E-state index in [2.05, 4.69) is 29.9 Å². The Morgan fingerprint density at radius 2 is 1.89 bits per heavy atom. The van der Waals surface area contributed by atoms with Gasteiger partial charge in [-0.2, -0.15) is 0 Å².